The maximum absolute atomic E-state index is 7.44. The maximum Gasteiger partial charge on any atom is 0.0973 e. The van der Waals surface area contributed by atoms with Gasteiger partial charge in [-0.1, -0.05) is 12.2 Å². The van der Waals surface area contributed by atoms with Gasteiger partial charge < -0.3 is 5.32 Å². The molecule has 1 heterocycles. The third-order valence-electron chi connectivity index (χ3n) is 2.31. The van der Waals surface area contributed by atoms with Gasteiger partial charge in [0.2, 0.25) is 0 Å². The van der Waals surface area contributed by atoms with Crippen LogP contribution >= 0.6 is 0 Å². The highest BCUT2D eigenvalue weighted by molar-refractivity contribution is 5.82. The van der Waals surface area contributed by atoms with Gasteiger partial charge in [0, 0.05) is 18.0 Å². The van der Waals surface area contributed by atoms with Crippen molar-refractivity contribution in [1.29, 1.82) is 5.41 Å². The molecule has 0 aromatic rings. The predicted molar refractivity (Wildman–Crippen MR) is 45.4 cm³/mol. The van der Waals surface area contributed by atoms with E-state index in [9.17, 15) is 0 Å². The molecule has 2 aliphatic rings. The van der Waals surface area contributed by atoms with Crippen molar-refractivity contribution in [2.45, 2.75) is 19.3 Å². The first-order chi connectivity index (χ1) is 5.36. The second-order valence-electron chi connectivity index (χ2n) is 3.13. The fraction of sp³-hybridized carbons (Fsp3) is 0.444. The van der Waals surface area contributed by atoms with E-state index >= 15 is 0 Å². The van der Waals surface area contributed by atoms with Crippen LogP contribution in [0, 0.1) is 11.3 Å². The Morgan fingerprint density at radius 1 is 1.55 bits per heavy atom. The van der Waals surface area contributed by atoms with Crippen molar-refractivity contribution in [3.8, 4) is 0 Å². The summed E-state index contributed by atoms with van der Waals surface area (Å²) >= 11 is 0. The van der Waals surface area contributed by atoms with Crippen molar-refractivity contribution < 1.29 is 0 Å². The number of hydrogen-bond donors (Lipinski definition) is 2. The highest BCUT2D eigenvalue weighted by atomic mass is 15.0. The summed E-state index contributed by atoms with van der Waals surface area (Å²) in [5.74, 6) is 1.33. The summed E-state index contributed by atoms with van der Waals surface area (Å²) in [5, 5.41) is 10.5. The summed E-state index contributed by atoms with van der Waals surface area (Å²) < 4.78 is 0. The van der Waals surface area contributed by atoms with E-state index in [-0.39, 0.29) is 0 Å². The summed E-state index contributed by atoms with van der Waals surface area (Å²) in [6.07, 6.45) is 9.55. The van der Waals surface area contributed by atoms with Crippen molar-refractivity contribution in [1.82, 2.24) is 5.32 Å². The number of piperidine rings is 1. The Morgan fingerprint density at radius 3 is 3.36 bits per heavy atom. The molecule has 1 atom stereocenters. The zero-order chi connectivity index (χ0) is 7.68. The SMILES string of the molecule is N=C1CCC2CC=CC=C2N1. The molecule has 0 saturated carbocycles. The van der Waals surface area contributed by atoms with Crippen molar-refractivity contribution in [2.75, 3.05) is 0 Å². The van der Waals surface area contributed by atoms with Crippen molar-refractivity contribution in [3.63, 3.8) is 0 Å². The number of hydrogen-bond acceptors (Lipinski definition) is 1. The number of rotatable bonds is 0. The average Bonchev–Trinajstić information content (AvgIpc) is 2.04. The molecule has 2 heteroatoms. The first-order valence-corrected chi connectivity index (χ1v) is 4.07. The van der Waals surface area contributed by atoms with Crippen molar-refractivity contribution >= 4 is 5.84 Å². The maximum atomic E-state index is 7.44. The lowest BCUT2D eigenvalue weighted by Crippen LogP contribution is -2.32. The minimum atomic E-state index is 0.661. The summed E-state index contributed by atoms with van der Waals surface area (Å²) in [7, 11) is 0. The lowest BCUT2D eigenvalue weighted by Gasteiger charge is -2.27. The number of allylic oxidation sites excluding steroid dienone is 4. The summed E-state index contributed by atoms with van der Waals surface area (Å²) in [5.41, 5.74) is 1.24. The summed E-state index contributed by atoms with van der Waals surface area (Å²) in [6.45, 7) is 0. The van der Waals surface area contributed by atoms with Gasteiger partial charge >= 0.3 is 0 Å². The van der Waals surface area contributed by atoms with Crippen LogP contribution < -0.4 is 5.32 Å². The van der Waals surface area contributed by atoms with E-state index in [1.54, 1.807) is 0 Å². The molecule has 2 rings (SSSR count). The molecule has 1 fully saturated rings. The van der Waals surface area contributed by atoms with Crippen LogP contribution in [0.4, 0.5) is 0 Å². The first-order valence-electron chi connectivity index (χ1n) is 4.07. The molecule has 0 bridgehead atoms. The molecule has 1 unspecified atom stereocenters. The van der Waals surface area contributed by atoms with Gasteiger partial charge in [0.05, 0.1) is 5.84 Å². The smallest absolute Gasteiger partial charge is 0.0973 e. The molecule has 1 aliphatic heterocycles. The molecule has 0 radical (unpaired) electrons. The second-order valence-corrected chi connectivity index (χ2v) is 3.13. The average molecular weight is 148 g/mol. The van der Waals surface area contributed by atoms with E-state index in [4.69, 9.17) is 5.41 Å². The van der Waals surface area contributed by atoms with Crippen LogP contribution in [0.2, 0.25) is 0 Å². The standard InChI is InChI=1S/C9H12N2/c10-9-6-5-7-3-1-2-4-8(7)11-9/h1-2,4,7H,3,5-6H2,(H2,10,11). The van der Waals surface area contributed by atoms with Gasteiger partial charge in [-0.15, -0.1) is 0 Å². The quantitative estimate of drug-likeness (QED) is 0.540. The molecule has 0 aromatic heterocycles. The molecule has 0 amide bonds. The lowest BCUT2D eigenvalue weighted by molar-refractivity contribution is 0.524. The minimum absolute atomic E-state index is 0.661. The van der Waals surface area contributed by atoms with Crippen molar-refractivity contribution in [3.05, 3.63) is 23.9 Å². The van der Waals surface area contributed by atoms with Crippen molar-refractivity contribution in [2.24, 2.45) is 5.92 Å². The molecule has 1 saturated heterocycles. The molecule has 1 aliphatic carbocycles. The van der Waals surface area contributed by atoms with Crippen LogP contribution in [0.15, 0.2) is 23.9 Å². The van der Waals surface area contributed by atoms with E-state index in [0.29, 0.717) is 11.8 Å². The summed E-state index contributed by atoms with van der Waals surface area (Å²) in [6, 6.07) is 0. The molecule has 2 nitrogen and oxygen atoms in total. The van der Waals surface area contributed by atoms with E-state index in [1.165, 1.54) is 5.70 Å². The molecular weight excluding hydrogens is 136 g/mol. The monoisotopic (exact) mass is 148 g/mol. The van der Waals surface area contributed by atoms with E-state index in [1.807, 2.05) is 0 Å². The Bertz CT molecular complexity index is 238. The Morgan fingerprint density at radius 2 is 2.45 bits per heavy atom. The number of fused-ring (bicyclic) bond motifs is 1. The third-order valence-corrected chi connectivity index (χ3v) is 2.31. The highest BCUT2D eigenvalue weighted by Crippen LogP contribution is 2.26. The Labute approximate surface area is 66.5 Å². The Kier molecular flexibility index (Phi) is 1.53. The highest BCUT2D eigenvalue weighted by Gasteiger charge is 2.20. The van der Waals surface area contributed by atoms with Crippen LogP contribution in [0.5, 0.6) is 0 Å². The fourth-order valence-corrected chi connectivity index (χ4v) is 1.65. The normalized spacial score (nSPS) is 28.9. The fourth-order valence-electron chi connectivity index (χ4n) is 1.65. The lowest BCUT2D eigenvalue weighted by atomic mass is 9.89. The Hall–Kier alpha value is -1.05. The number of nitrogens with one attached hydrogen (secondary N) is 2. The van der Waals surface area contributed by atoms with Gasteiger partial charge in [0.15, 0.2) is 0 Å². The molecule has 11 heavy (non-hydrogen) atoms. The van der Waals surface area contributed by atoms with Crippen LogP contribution in [0.25, 0.3) is 0 Å². The molecular formula is C9H12N2. The van der Waals surface area contributed by atoms with Crippen LogP contribution in [-0.4, -0.2) is 5.84 Å². The predicted octanol–water partition coefficient (Wildman–Crippen LogP) is 1.81. The molecule has 0 aromatic carbocycles. The van der Waals surface area contributed by atoms with Crippen LogP contribution in [0.3, 0.4) is 0 Å². The Balaban J connectivity index is 2.18. The van der Waals surface area contributed by atoms with Gasteiger partial charge in [0.25, 0.3) is 0 Å². The van der Waals surface area contributed by atoms with Crippen LogP contribution in [0.1, 0.15) is 19.3 Å². The largest absolute Gasteiger partial charge is 0.347 e. The van der Waals surface area contributed by atoms with Gasteiger partial charge in [-0.05, 0) is 18.9 Å². The molecule has 0 spiro atoms. The zero-order valence-electron chi connectivity index (χ0n) is 6.43. The van der Waals surface area contributed by atoms with Gasteiger partial charge in [0.1, 0.15) is 0 Å². The first kappa shape index (κ1) is 6.65. The zero-order valence-corrected chi connectivity index (χ0v) is 6.43. The topological polar surface area (TPSA) is 35.9 Å². The van der Waals surface area contributed by atoms with E-state index in [0.717, 1.165) is 19.3 Å². The molecule has 2 N–H and O–H groups in total. The third kappa shape index (κ3) is 1.20. The van der Waals surface area contributed by atoms with Gasteiger partial charge in [-0.2, -0.15) is 0 Å². The van der Waals surface area contributed by atoms with Gasteiger partial charge in [-0.3, -0.25) is 5.41 Å². The van der Waals surface area contributed by atoms with E-state index < -0.39 is 0 Å². The van der Waals surface area contributed by atoms with Crippen LogP contribution in [-0.2, 0) is 0 Å². The van der Waals surface area contributed by atoms with E-state index in [2.05, 4.69) is 23.5 Å². The number of amidine groups is 1. The molecule has 58 valence electrons. The minimum Gasteiger partial charge on any atom is -0.347 e. The second kappa shape index (κ2) is 2.53. The van der Waals surface area contributed by atoms with Gasteiger partial charge in [-0.25, -0.2) is 0 Å². The summed E-state index contributed by atoms with van der Waals surface area (Å²) in [4.78, 5) is 0.